The third-order valence-electron chi connectivity index (χ3n) is 3.13. The van der Waals surface area contributed by atoms with Gasteiger partial charge >= 0.3 is 0 Å². The smallest absolute Gasteiger partial charge is 0.159 e. The van der Waals surface area contributed by atoms with E-state index in [4.69, 9.17) is 5.73 Å². The van der Waals surface area contributed by atoms with Crippen molar-refractivity contribution >= 4 is 21.8 Å². The first-order valence-electron chi connectivity index (χ1n) is 6.37. The summed E-state index contributed by atoms with van der Waals surface area (Å²) in [7, 11) is 0. The van der Waals surface area contributed by atoms with Crippen LogP contribution in [0.25, 0.3) is 4.91 Å². The number of thioether (sulfide) groups is 1. The summed E-state index contributed by atoms with van der Waals surface area (Å²) in [6.07, 6.45) is 1.91. The van der Waals surface area contributed by atoms with Gasteiger partial charge in [-0.25, -0.2) is 8.78 Å². The van der Waals surface area contributed by atoms with Gasteiger partial charge < -0.3 is 5.73 Å². The Morgan fingerprint density at radius 1 is 1.00 bits per heavy atom. The van der Waals surface area contributed by atoms with E-state index in [1.165, 1.54) is 17.8 Å². The Kier molecular flexibility index (Phi) is 3.75. The van der Waals surface area contributed by atoms with Crippen molar-refractivity contribution < 1.29 is 8.78 Å². The van der Waals surface area contributed by atoms with Crippen LogP contribution in [-0.4, -0.2) is 5.17 Å². The Morgan fingerprint density at radius 3 is 2.48 bits per heavy atom. The first-order valence-corrected chi connectivity index (χ1v) is 7.18. The van der Waals surface area contributed by atoms with E-state index in [-0.39, 0.29) is 0 Å². The van der Waals surface area contributed by atoms with Crippen molar-refractivity contribution in [3.8, 4) is 0 Å². The lowest BCUT2D eigenvalue weighted by molar-refractivity contribution is 0.506. The fourth-order valence-electron chi connectivity index (χ4n) is 2.12. The van der Waals surface area contributed by atoms with E-state index >= 15 is 0 Å². The van der Waals surface area contributed by atoms with Gasteiger partial charge in [0.2, 0.25) is 0 Å². The molecular formula is C16H12F2N2S. The summed E-state index contributed by atoms with van der Waals surface area (Å²) in [5.74, 6) is -1.75. The second-order valence-electron chi connectivity index (χ2n) is 4.58. The van der Waals surface area contributed by atoms with E-state index in [2.05, 4.69) is 4.99 Å². The maximum atomic E-state index is 13.4. The van der Waals surface area contributed by atoms with Crippen LogP contribution < -0.4 is 5.73 Å². The van der Waals surface area contributed by atoms with Crippen LogP contribution in [0.5, 0.6) is 0 Å². The van der Waals surface area contributed by atoms with Crippen molar-refractivity contribution in [1.29, 1.82) is 0 Å². The molecule has 0 saturated heterocycles. The molecule has 21 heavy (non-hydrogen) atoms. The third-order valence-corrected chi connectivity index (χ3v) is 4.04. The quantitative estimate of drug-likeness (QED) is 0.906. The fourth-order valence-corrected chi connectivity index (χ4v) is 2.96. The zero-order valence-corrected chi connectivity index (χ0v) is 11.8. The lowest BCUT2D eigenvalue weighted by Gasteiger charge is -2.18. The van der Waals surface area contributed by atoms with Gasteiger partial charge in [-0.1, -0.05) is 48.2 Å². The average molecular weight is 302 g/mol. The summed E-state index contributed by atoms with van der Waals surface area (Å²) in [5, 5.41) is 0.408. The number of hydrogen-bond acceptors (Lipinski definition) is 3. The number of nitrogens with zero attached hydrogens (tertiary/aromatic N) is 1. The number of nitrogens with two attached hydrogens (primary N) is 1. The predicted molar refractivity (Wildman–Crippen MR) is 82.7 cm³/mol. The molecule has 0 bridgehead atoms. The molecule has 3 rings (SSSR count). The first kappa shape index (κ1) is 13.8. The number of amidine groups is 1. The topological polar surface area (TPSA) is 38.4 Å². The molecule has 0 fully saturated rings. The molecule has 5 heteroatoms. The van der Waals surface area contributed by atoms with Gasteiger partial charge in [-0.3, -0.25) is 4.99 Å². The van der Waals surface area contributed by atoms with Gasteiger partial charge in [-0.05, 0) is 29.3 Å². The van der Waals surface area contributed by atoms with Crippen LogP contribution >= 0.6 is 11.8 Å². The molecule has 0 radical (unpaired) electrons. The van der Waals surface area contributed by atoms with Crippen LogP contribution in [0.4, 0.5) is 8.78 Å². The SMILES string of the molecule is NC1=NC(c2ccc(F)c(F)c2)C=C(c2ccccc2)S1. The zero-order valence-electron chi connectivity index (χ0n) is 11.0. The standard InChI is InChI=1S/C16H12F2N2S/c17-12-7-6-11(8-13(12)18)14-9-15(21-16(19)20-14)10-4-2-1-3-5-10/h1-9,14H,(H2,19,20). The molecule has 1 heterocycles. The second kappa shape index (κ2) is 5.69. The van der Waals surface area contributed by atoms with Gasteiger partial charge in [0.05, 0.1) is 6.04 Å². The van der Waals surface area contributed by atoms with E-state index < -0.39 is 17.7 Å². The number of benzene rings is 2. The molecule has 0 aromatic heterocycles. The molecule has 1 aliphatic heterocycles. The number of halogens is 2. The van der Waals surface area contributed by atoms with Gasteiger partial charge in [0.25, 0.3) is 0 Å². The van der Waals surface area contributed by atoms with Gasteiger partial charge in [0.1, 0.15) is 0 Å². The number of aliphatic imine (C=N–C) groups is 1. The summed E-state index contributed by atoms with van der Waals surface area (Å²) < 4.78 is 26.4. The maximum Gasteiger partial charge on any atom is 0.159 e. The molecule has 106 valence electrons. The lowest BCUT2D eigenvalue weighted by atomic mass is 10.0. The lowest BCUT2D eigenvalue weighted by Crippen LogP contribution is -2.13. The van der Waals surface area contributed by atoms with Crippen molar-refractivity contribution in [2.24, 2.45) is 10.7 Å². The Hall–Kier alpha value is -2.14. The largest absolute Gasteiger partial charge is 0.378 e. The predicted octanol–water partition coefficient (Wildman–Crippen LogP) is 4.11. The highest BCUT2D eigenvalue weighted by atomic mass is 32.2. The first-order chi connectivity index (χ1) is 10.1. The van der Waals surface area contributed by atoms with Crippen LogP contribution in [0.1, 0.15) is 17.2 Å². The third kappa shape index (κ3) is 2.97. The van der Waals surface area contributed by atoms with Crippen LogP contribution in [0.2, 0.25) is 0 Å². The zero-order chi connectivity index (χ0) is 14.8. The van der Waals surface area contributed by atoms with Crippen LogP contribution in [0, 0.1) is 11.6 Å². The van der Waals surface area contributed by atoms with Crippen molar-refractivity contribution in [3.05, 3.63) is 77.4 Å². The van der Waals surface area contributed by atoms with Crippen LogP contribution in [-0.2, 0) is 0 Å². The molecule has 1 atom stereocenters. The maximum absolute atomic E-state index is 13.4. The molecule has 2 N–H and O–H groups in total. The summed E-state index contributed by atoms with van der Waals surface area (Å²) in [6, 6.07) is 13.1. The van der Waals surface area contributed by atoms with E-state index in [0.29, 0.717) is 10.7 Å². The van der Waals surface area contributed by atoms with E-state index in [1.807, 2.05) is 36.4 Å². The molecule has 2 nitrogen and oxygen atoms in total. The van der Waals surface area contributed by atoms with Gasteiger partial charge in [-0.15, -0.1) is 0 Å². The summed E-state index contributed by atoms with van der Waals surface area (Å²) >= 11 is 1.37. The van der Waals surface area contributed by atoms with Crippen molar-refractivity contribution in [2.75, 3.05) is 0 Å². The van der Waals surface area contributed by atoms with Crippen LogP contribution in [0.3, 0.4) is 0 Å². The molecule has 0 amide bonds. The highest BCUT2D eigenvalue weighted by molar-refractivity contribution is 8.21. The minimum atomic E-state index is -0.880. The minimum absolute atomic E-state index is 0.406. The highest BCUT2D eigenvalue weighted by Gasteiger charge is 2.18. The number of rotatable bonds is 2. The molecule has 1 unspecified atom stereocenters. The van der Waals surface area contributed by atoms with Crippen molar-refractivity contribution in [2.45, 2.75) is 6.04 Å². The molecule has 0 aliphatic carbocycles. The summed E-state index contributed by atoms with van der Waals surface area (Å²) in [4.78, 5) is 5.25. The van der Waals surface area contributed by atoms with Gasteiger partial charge in [0, 0.05) is 4.91 Å². The molecule has 0 saturated carbocycles. The van der Waals surface area contributed by atoms with Crippen LogP contribution in [0.15, 0.2) is 59.6 Å². The molecular weight excluding hydrogens is 290 g/mol. The Bertz CT molecular complexity index is 726. The Morgan fingerprint density at radius 2 is 1.76 bits per heavy atom. The van der Waals surface area contributed by atoms with E-state index in [9.17, 15) is 8.78 Å². The average Bonchev–Trinajstić information content (AvgIpc) is 2.50. The summed E-state index contributed by atoms with van der Waals surface area (Å²) in [6.45, 7) is 0. The summed E-state index contributed by atoms with van der Waals surface area (Å²) in [5.41, 5.74) is 7.46. The van der Waals surface area contributed by atoms with Gasteiger partial charge in [0.15, 0.2) is 16.8 Å². The molecule has 2 aromatic rings. The normalized spacial score (nSPS) is 18.1. The second-order valence-corrected chi connectivity index (χ2v) is 5.65. The van der Waals surface area contributed by atoms with Crippen molar-refractivity contribution in [1.82, 2.24) is 0 Å². The monoisotopic (exact) mass is 302 g/mol. The minimum Gasteiger partial charge on any atom is -0.378 e. The molecule has 1 aliphatic rings. The Balaban J connectivity index is 1.99. The van der Waals surface area contributed by atoms with E-state index in [1.54, 1.807) is 0 Å². The number of hydrogen-bond donors (Lipinski definition) is 1. The fraction of sp³-hybridized carbons (Fsp3) is 0.0625. The van der Waals surface area contributed by atoms with Gasteiger partial charge in [-0.2, -0.15) is 0 Å². The highest BCUT2D eigenvalue weighted by Crippen LogP contribution is 2.36. The Labute approximate surface area is 125 Å². The van der Waals surface area contributed by atoms with Crippen molar-refractivity contribution in [3.63, 3.8) is 0 Å². The molecule has 2 aromatic carbocycles. The molecule has 0 spiro atoms. The van der Waals surface area contributed by atoms with E-state index in [0.717, 1.165) is 22.6 Å².